The molecule has 1 aromatic rings. The molecule has 178 valence electrons. The Bertz CT molecular complexity index is 939. The second-order valence-corrected chi connectivity index (χ2v) is 11.8. The Morgan fingerprint density at radius 2 is 1.48 bits per heavy atom. The van der Waals surface area contributed by atoms with Crippen molar-refractivity contribution in [1.29, 1.82) is 0 Å². The summed E-state index contributed by atoms with van der Waals surface area (Å²) < 4.78 is 24.0. The highest BCUT2D eigenvalue weighted by molar-refractivity contribution is 7.57. The molecule has 3 aliphatic heterocycles. The van der Waals surface area contributed by atoms with Crippen molar-refractivity contribution in [3.8, 4) is 0 Å². The van der Waals surface area contributed by atoms with Crippen LogP contribution in [0.2, 0.25) is 0 Å². The molecule has 7 nitrogen and oxygen atoms in total. The van der Waals surface area contributed by atoms with Crippen molar-refractivity contribution in [2.75, 3.05) is 52.5 Å². The quantitative estimate of drug-likeness (QED) is 0.637. The number of carbonyl (C=O) groups excluding carboxylic acids is 1. The maximum atomic E-state index is 14.3. The zero-order valence-corrected chi connectivity index (χ0v) is 20.3. The van der Waals surface area contributed by atoms with E-state index < -0.39 is 7.59 Å². The third-order valence-electron chi connectivity index (χ3n) is 7.16. The predicted molar refractivity (Wildman–Crippen MR) is 130 cm³/mol. The number of rotatable bonds is 6. The van der Waals surface area contributed by atoms with E-state index >= 15 is 0 Å². The van der Waals surface area contributed by atoms with E-state index in [1.165, 1.54) is 5.57 Å². The van der Waals surface area contributed by atoms with Gasteiger partial charge in [0, 0.05) is 50.5 Å². The lowest BCUT2D eigenvalue weighted by molar-refractivity contribution is -0.116. The zero-order chi connectivity index (χ0) is 22.7. The fraction of sp³-hybridized carbons (Fsp3) is 0.560. The molecule has 33 heavy (non-hydrogen) atoms. The fourth-order valence-corrected chi connectivity index (χ4v) is 8.14. The monoisotopic (exact) mass is 470 g/mol. The van der Waals surface area contributed by atoms with E-state index in [2.05, 4.69) is 28.2 Å². The molecule has 1 aromatic carbocycles. The molecule has 1 N–H and O–H groups in total. The normalized spacial score (nSPS) is 24.2. The summed E-state index contributed by atoms with van der Waals surface area (Å²) in [5.41, 5.74) is 4.12. The molecule has 0 saturated carbocycles. The van der Waals surface area contributed by atoms with E-state index in [0.29, 0.717) is 19.6 Å². The number of ether oxygens (including phenoxy) is 1. The van der Waals surface area contributed by atoms with Gasteiger partial charge in [0.05, 0.1) is 13.2 Å². The Hall–Kier alpha value is -1.92. The van der Waals surface area contributed by atoms with Crippen LogP contribution < -0.4 is 5.09 Å². The summed E-state index contributed by atoms with van der Waals surface area (Å²) in [5.74, 6) is -0.157. The first-order valence-electron chi connectivity index (χ1n) is 12.4. The summed E-state index contributed by atoms with van der Waals surface area (Å²) in [4.78, 5) is 16.0. The Kier molecular flexibility index (Phi) is 7.02. The predicted octanol–water partition coefficient (Wildman–Crippen LogP) is 3.87. The number of carbonyl (C=O) groups is 1. The van der Waals surface area contributed by atoms with E-state index in [4.69, 9.17) is 4.74 Å². The molecule has 3 fully saturated rings. The SMILES string of the molecule is O=C(NP(=O)(N1CCCC1)N1CCCC1)C1=C(N2CCOCC2)C(=Cc2ccccc2)CC1. The molecule has 0 aromatic heterocycles. The number of hydrogen-bond acceptors (Lipinski definition) is 4. The van der Waals surface area contributed by atoms with Crippen molar-refractivity contribution in [2.24, 2.45) is 0 Å². The lowest BCUT2D eigenvalue weighted by atomic mass is 10.1. The Labute approximate surface area is 197 Å². The van der Waals surface area contributed by atoms with Crippen molar-refractivity contribution in [1.82, 2.24) is 19.3 Å². The van der Waals surface area contributed by atoms with Crippen LogP contribution in [-0.4, -0.2) is 72.6 Å². The van der Waals surface area contributed by atoms with Crippen LogP contribution in [0.1, 0.15) is 44.1 Å². The molecular formula is C25H35N4O3P. The van der Waals surface area contributed by atoms with Gasteiger partial charge in [-0.05, 0) is 55.7 Å². The molecule has 0 radical (unpaired) electrons. The number of nitrogens with one attached hydrogen (secondary N) is 1. The lowest BCUT2D eigenvalue weighted by Gasteiger charge is -2.35. The van der Waals surface area contributed by atoms with Crippen molar-refractivity contribution >= 4 is 19.6 Å². The second kappa shape index (κ2) is 10.1. The van der Waals surface area contributed by atoms with Crippen LogP contribution >= 0.6 is 7.59 Å². The standard InChI is InChI=1S/C25H35N4O3P/c30-25(26-33(31,28-12-4-5-13-28)29-14-6-7-15-29)23-11-10-22(20-21-8-2-1-3-9-21)24(23)27-16-18-32-19-17-27/h1-3,8-9,20H,4-7,10-19H2,(H,26,30,31). The van der Waals surface area contributed by atoms with Crippen molar-refractivity contribution < 1.29 is 14.1 Å². The van der Waals surface area contributed by atoms with E-state index in [9.17, 15) is 9.36 Å². The van der Waals surface area contributed by atoms with E-state index in [0.717, 1.165) is 88.2 Å². The molecule has 0 atom stereocenters. The summed E-state index contributed by atoms with van der Waals surface area (Å²) in [6.07, 6.45) is 7.86. The van der Waals surface area contributed by atoms with Gasteiger partial charge >= 0.3 is 7.59 Å². The van der Waals surface area contributed by atoms with Crippen molar-refractivity contribution in [3.05, 3.63) is 52.7 Å². The van der Waals surface area contributed by atoms with Gasteiger partial charge in [0.15, 0.2) is 0 Å². The van der Waals surface area contributed by atoms with E-state index in [1.54, 1.807) is 0 Å². The van der Waals surface area contributed by atoms with Crippen LogP contribution in [0.3, 0.4) is 0 Å². The van der Waals surface area contributed by atoms with Crippen LogP contribution in [0, 0.1) is 0 Å². The fourth-order valence-electron chi connectivity index (χ4n) is 5.45. The first kappa shape index (κ1) is 22.9. The van der Waals surface area contributed by atoms with Gasteiger partial charge in [-0.1, -0.05) is 30.3 Å². The zero-order valence-electron chi connectivity index (χ0n) is 19.4. The summed E-state index contributed by atoms with van der Waals surface area (Å²) in [6.45, 7) is 6.05. The number of nitrogens with zero attached hydrogens (tertiary/aromatic N) is 3. The van der Waals surface area contributed by atoms with Gasteiger partial charge in [-0.2, -0.15) is 0 Å². The summed E-state index contributed by atoms with van der Waals surface area (Å²) in [7, 11) is -3.11. The molecule has 5 rings (SSSR count). The third-order valence-corrected chi connectivity index (χ3v) is 9.98. The first-order valence-corrected chi connectivity index (χ1v) is 14.0. The Morgan fingerprint density at radius 1 is 0.879 bits per heavy atom. The molecule has 1 aliphatic carbocycles. The summed E-state index contributed by atoms with van der Waals surface area (Å²) in [6, 6.07) is 10.3. The minimum atomic E-state index is -3.11. The molecule has 8 heteroatoms. The van der Waals surface area contributed by atoms with E-state index in [-0.39, 0.29) is 5.91 Å². The highest BCUT2D eigenvalue weighted by Crippen LogP contribution is 2.53. The van der Waals surface area contributed by atoms with Crippen molar-refractivity contribution in [2.45, 2.75) is 38.5 Å². The summed E-state index contributed by atoms with van der Waals surface area (Å²) in [5, 5.41) is 3.10. The van der Waals surface area contributed by atoms with Crippen LogP contribution in [0.4, 0.5) is 0 Å². The molecule has 0 spiro atoms. The molecule has 0 bridgehead atoms. The molecule has 3 saturated heterocycles. The van der Waals surface area contributed by atoms with E-state index in [1.807, 2.05) is 27.5 Å². The van der Waals surface area contributed by atoms with Gasteiger partial charge in [-0.25, -0.2) is 9.34 Å². The first-order chi connectivity index (χ1) is 16.1. The number of allylic oxidation sites excluding steroid dienone is 1. The summed E-state index contributed by atoms with van der Waals surface area (Å²) >= 11 is 0. The van der Waals surface area contributed by atoms with Crippen molar-refractivity contribution in [3.63, 3.8) is 0 Å². The van der Waals surface area contributed by atoms with Gasteiger partial charge in [0.25, 0.3) is 5.91 Å². The minimum Gasteiger partial charge on any atom is -0.378 e. The van der Waals surface area contributed by atoms with Crippen LogP contribution in [0.15, 0.2) is 47.2 Å². The van der Waals surface area contributed by atoms with Crippen LogP contribution in [0.5, 0.6) is 0 Å². The maximum Gasteiger partial charge on any atom is 0.311 e. The van der Waals surface area contributed by atoms with Gasteiger partial charge < -0.3 is 9.64 Å². The third kappa shape index (κ3) is 4.83. The second-order valence-electron chi connectivity index (χ2n) is 9.31. The van der Waals surface area contributed by atoms with Gasteiger partial charge in [-0.15, -0.1) is 0 Å². The minimum absolute atomic E-state index is 0.157. The topological polar surface area (TPSA) is 65.1 Å². The van der Waals surface area contributed by atoms with Crippen LogP contribution in [-0.2, 0) is 14.1 Å². The highest BCUT2D eigenvalue weighted by Gasteiger charge is 2.42. The largest absolute Gasteiger partial charge is 0.378 e. The molecule has 1 amide bonds. The van der Waals surface area contributed by atoms with Gasteiger partial charge in [0.2, 0.25) is 0 Å². The average molecular weight is 471 g/mol. The molecular weight excluding hydrogens is 435 g/mol. The van der Waals surface area contributed by atoms with Gasteiger partial charge in [0.1, 0.15) is 0 Å². The Morgan fingerprint density at radius 3 is 2.09 bits per heavy atom. The number of amides is 1. The molecule has 4 aliphatic rings. The van der Waals surface area contributed by atoms with Gasteiger partial charge in [-0.3, -0.25) is 14.4 Å². The molecule has 0 unspecified atom stereocenters. The highest BCUT2D eigenvalue weighted by atomic mass is 31.2. The number of morpholine rings is 1. The van der Waals surface area contributed by atoms with Crippen LogP contribution in [0.25, 0.3) is 6.08 Å². The number of benzene rings is 1. The smallest absolute Gasteiger partial charge is 0.311 e. The molecule has 3 heterocycles. The Balaban J connectivity index is 1.47. The lowest BCUT2D eigenvalue weighted by Crippen LogP contribution is -2.40. The average Bonchev–Trinajstić information content (AvgIpc) is 3.62. The maximum absolute atomic E-state index is 14.3. The number of hydrogen-bond donors (Lipinski definition) is 1.